The van der Waals surface area contributed by atoms with Crippen molar-refractivity contribution in [3.63, 3.8) is 0 Å². The number of imidazole rings is 1. The van der Waals surface area contributed by atoms with Gasteiger partial charge in [0.1, 0.15) is 11.7 Å². The van der Waals surface area contributed by atoms with Crippen LogP contribution in [0.1, 0.15) is 67.2 Å². The van der Waals surface area contributed by atoms with Gasteiger partial charge in [-0.25, -0.2) is 14.6 Å². The van der Waals surface area contributed by atoms with Crippen molar-refractivity contribution in [3.8, 4) is 23.5 Å². The Morgan fingerprint density at radius 1 is 1.09 bits per heavy atom. The Hall–Kier alpha value is -5.63. The molecule has 58 heavy (non-hydrogen) atoms. The minimum Gasteiger partial charge on any atom is -0.463 e. The molecule has 4 heterocycles. The van der Waals surface area contributed by atoms with Gasteiger partial charge in [0.15, 0.2) is 35.1 Å². The van der Waals surface area contributed by atoms with Gasteiger partial charge >= 0.3 is 18.0 Å². The number of aryl methyl sites for hydroxylation is 1. The fraction of sp³-hybridized carbons (Fsp3) is 0.463. The Labute approximate surface area is 340 Å². The minimum atomic E-state index is -2.16. The molecule has 308 valence electrons. The number of anilines is 1. The van der Waals surface area contributed by atoms with E-state index in [1.807, 2.05) is 6.92 Å². The van der Waals surface area contributed by atoms with Crippen molar-refractivity contribution in [2.75, 3.05) is 25.2 Å². The van der Waals surface area contributed by atoms with E-state index in [1.54, 1.807) is 81.8 Å². The molecule has 0 N–H and O–H groups in total. The number of rotatable bonds is 13. The Kier molecular flexibility index (Phi) is 12.8. The molecule has 0 bridgehead atoms. The van der Waals surface area contributed by atoms with E-state index >= 15 is 0 Å². The number of aromatic nitrogens is 5. The molecule has 17 heteroatoms. The lowest BCUT2D eigenvalue weighted by molar-refractivity contribution is -0.182. The van der Waals surface area contributed by atoms with Crippen LogP contribution in [-0.2, 0) is 51.0 Å². The molecule has 0 aliphatic carbocycles. The smallest absolute Gasteiger partial charge is 0.415 e. The number of amides is 1. The Bertz CT molecular complexity index is 2310. The standard InChI is InChI=1S/C41H47ClN6O10/c1-11-40(9)29(22-55-41(24(4)49,36(52)54-13-3)21-26-16-18-27(19-17-26)28-15-14-20-47(12-2)34(28)51)57-35(31(40)56-25(5)50)48-23-43-30-32(44-37(42)45-33(30)48)46(10)38(53)58-39(6,7)8/h1,14-20,23,29,31,35H,12-13,21-22H2,2-10H3/t29-,31+,35-,40+,41?/m1/s1. The van der Waals surface area contributed by atoms with Crippen LogP contribution in [0, 0.1) is 17.8 Å². The number of pyridine rings is 1. The fourth-order valence-electron chi connectivity index (χ4n) is 6.64. The first-order valence-electron chi connectivity index (χ1n) is 18.6. The molecule has 3 aromatic heterocycles. The summed E-state index contributed by atoms with van der Waals surface area (Å²) in [5, 5.41) is -0.239. The van der Waals surface area contributed by atoms with Crippen LogP contribution in [0.15, 0.2) is 53.7 Å². The van der Waals surface area contributed by atoms with Gasteiger partial charge in [-0.15, -0.1) is 6.42 Å². The van der Waals surface area contributed by atoms with Crippen LogP contribution in [0.25, 0.3) is 22.3 Å². The molecule has 4 aromatic rings. The first kappa shape index (κ1) is 43.5. The van der Waals surface area contributed by atoms with Crippen molar-refractivity contribution in [2.45, 2.75) is 98.0 Å². The highest BCUT2D eigenvalue weighted by molar-refractivity contribution is 6.28. The van der Waals surface area contributed by atoms with Crippen molar-refractivity contribution >= 4 is 52.4 Å². The largest absolute Gasteiger partial charge is 0.463 e. The second-order valence-corrected chi connectivity index (χ2v) is 15.3. The van der Waals surface area contributed by atoms with Crippen molar-refractivity contribution < 1.29 is 42.9 Å². The molecule has 5 atom stereocenters. The number of nitrogens with zero attached hydrogens (tertiary/aromatic N) is 6. The second-order valence-electron chi connectivity index (χ2n) is 15.0. The fourth-order valence-corrected chi connectivity index (χ4v) is 6.80. The summed E-state index contributed by atoms with van der Waals surface area (Å²) in [6, 6.07) is 10.4. The lowest BCUT2D eigenvalue weighted by Crippen LogP contribution is -2.53. The number of fused-ring (bicyclic) bond motifs is 1. The van der Waals surface area contributed by atoms with Gasteiger partial charge in [0.2, 0.25) is 10.9 Å². The molecule has 1 aromatic carbocycles. The molecule has 0 saturated carbocycles. The van der Waals surface area contributed by atoms with Gasteiger partial charge in [-0.3, -0.25) is 23.9 Å². The topological polar surface area (TPSA) is 183 Å². The number of Topliss-reactive ketones (excluding diaryl/α,β-unsaturated/α-hetero) is 1. The molecule has 1 aliphatic heterocycles. The van der Waals surface area contributed by atoms with E-state index in [2.05, 4.69) is 20.9 Å². The van der Waals surface area contributed by atoms with Crippen LogP contribution in [-0.4, -0.2) is 91.6 Å². The lowest BCUT2D eigenvalue weighted by atomic mass is 9.81. The number of hydrogen-bond donors (Lipinski definition) is 0. The van der Waals surface area contributed by atoms with Crippen molar-refractivity contribution in [3.05, 3.63) is 70.1 Å². The summed E-state index contributed by atoms with van der Waals surface area (Å²) < 4.78 is 32.6. The predicted octanol–water partition coefficient (Wildman–Crippen LogP) is 5.32. The molecule has 1 fully saturated rings. The van der Waals surface area contributed by atoms with Gasteiger partial charge in [0.25, 0.3) is 5.56 Å². The Morgan fingerprint density at radius 3 is 2.36 bits per heavy atom. The van der Waals surface area contributed by atoms with Crippen LogP contribution in [0.4, 0.5) is 10.6 Å². The maximum atomic E-state index is 13.8. The van der Waals surface area contributed by atoms with Gasteiger partial charge in [-0.05, 0) is 83.3 Å². The van der Waals surface area contributed by atoms with Crippen molar-refractivity contribution in [1.82, 2.24) is 24.1 Å². The second kappa shape index (κ2) is 17.1. The van der Waals surface area contributed by atoms with E-state index in [4.69, 9.17) is 41.7 Å². The predicted molar refractivity (Wildman–Crippen MR) is 213 cm³/mol. The number of benzene rings is 1. The molecular formula is C41H47ClN6O10. The Morgan fingerprint density at radius 2 is 1.78 bits per heavy atom. The normalized spacial score (nSPS) is 20.2. The quantitative estimate of drug-likeness (QED) is 0.0556. The van der Waals surface area contributed by atoms with E-state index in [9.17, 15) is 24.0 Å². The molecule has 16 nitrogen and oxygen atoms in total. The number of ketones is 1. The molecule has 0 radical (unpaired) electrons. The average molecular weight is 819 g/mol. The van der Waals surface area contributed by atoms with Crippen molar-refractivity contribution in [1.29, 1.82) is 0 Å². The number of carbonyl (C=O) groups is 4. The highest BCUT2D eigenvalue weighted by Crippen LogP contribution is 2.47. The highest BCUT2D eigenvalue weighted by atomic mass is 35.5. The molecule has 0 spiro atoms. The van der Waals surface area contributed by atoms with E-state index in [1.165, 1.54) is 31.8 Å². The number of ether oxygens (including phenoxy) is 5. The summed E-state index contributed by atoms with van der Waals surface area (Å²) in [5.74, 6) is 0.468. The summed E-state index contributed by atoms with van der Waals surface area (Å²) in [7, 11) is 1.44. The molecule has 5 rings (SSSR count). The highest BCUT2D eigenvalue weighted by Gasteiger charge is 2.58. The summed E-state index contributed by atoms with van der Waals surface area (Å²) in [5.41, 5.74) is -2.64. The molecule has 1 amide bonds. The third kappa shape index (κ3) is 8.62. The maximum Gasteiger partial charge on any atom is 0.415 e. The third-order valence-corrected chi connectivity index (χ3v) is 9.96. The number of carbonyl (C=O) groups excluding carboxylic acids is 4. The average Bonchev–Trinajstić information content (AvgIpc) is 3.70. The van der Waals surface area contributed by atoms with Crippen LogP contribution >= 0.6 is 11.6 Å². The van der Waals surface area contributed by atoms with Gasteiger partial charge < -0.3 is 28.3 Å². The summed E-state index contributed by atoms with van der Waals surface area (Å²) in [6.07, 6.45) is 4.74. The zero-order valence-corrected chi connectivity index (χ0v) is 34.7. The summed E-state index contributed by atoms with van der Waals surface area (Å²) in [4.78, 5) is 80.1. The zero-order valence-electron chi connectivity index (χ0n) is 33.9. The molecular weight excluding hydrogens is 772 g/mol. The van der Waals surface area contributed by atoms with Crippen molar-refractivity contribution in [2.24, 2.45) is 5.41 Å². The van der Waals surface area contributed by atoms with Gasteiger partial charge in [-0.2, -0.15) is 9.97 Å². The monoisotopic (exact) mass is 818 g/mol. The SMILES string of the molecule is C#C[C@@]1(C)[C@@H](COC(Cc2ccc(-c3cccn(CC)c3=O)cc2)(C(C)=O)C(=O)OCC)O[C@@H](n2cnc3c(N(C)C(=O)OC(C)(C)C)nc(Cl)nc32)[C@@H]1OC(C)=O. The summed E-state index contributed by atoms with van der Waals surface area (Å²) in [6.45, 7) is 12.7. The van der Waals surface area contributed by atoms with E-state index in [-0.39, 0.29) is 40.9 Å². The van der Waals surface area contributed by atoms with E-state index < -0.39 is 65.5 Å². The molecule has 1 saturated heterocycles. The van der Waals surface area contributed by atoms with Crippen LogP contribution < -0.4 is 10.5 Å². The number of esters is 2. The number of halogens is 1. The summed E-state index contributed by atoms with van der Waals surface area (Å²) >= 11 is 6.37. The van der Waals surface area contributed by atoms with Crippen LogP contribution in [0.2, 0.25) is 5.28 Å². The molecule has 1 unspecified atom stereocenters. The number of hydrogen-bond acceptors (Lipinski definition) is 13. The lowest BCUT2D eigenvalue weighted by Gasteiger charge is -2.33. The van der Waals surface area contributed by atoms with Gasteiger partial charge in [0, 0.05) is 38.7 Å². The maximum absolute atomic E-state index is 13.8. The van der Waals surface area contributed by atoms with E-state index in [0.29, 0.717) is 23.2 Å². The van der Waals surface area contributed by atoms with Crippen LogP contribution in [0.3, 0.4) is 0 Å². The minimum absolute atomic E-state index is 0.0279. The number of terminal acetylenes is 1. The van der Waals surface area contributed by atoms with Gasteiger partial charge in [-0.1, -0.05) is 30.2 Å². The van der Waals surface area contributed by atoms with Crippen LogP contribution in [0.5, 0.6) is 0 Å². The first-order chi connectivity index (χ1) is 27.3. The molecule has 1 aliphatic rings. The third-order valence-electron chi connectivity index (χ3n) is 9.80. The van der Waals surface area contributed by atoms with E-state index in [0.717, 1.165) is 4.90 Å². The Balaban J connectivity index is 1.51. The zero-order chi connectivity index (χ0) is 42.7. The first-order valence-corrected chi connectivity index (χ1v) is 19.0. The van der Waals surface area contributed by atoms with Gasteiger partial charge in [0.05, 0.1) is 25.0 Å².